The number of para-hydroxylation sites is 1. The second-order valence-electron chi connectivity index (χ2n) is 6.48. The Morgan fingerprint density at radius 3 is 2.60 bits per heavy atom. The van der Waals surface area contributed by atoms with Crippen LogP contribution in [0.25, 0.3) is 0 Å². The Morgan fingerprint density at radius 1 is 1.28 bits per heavy atom. The highest BCUT2D eigenvalue weighted by atomic mass is 16.6. The Hall–Kier alpha value is -2.50. The van der Waals surface area contributed by atoms with Gasteiger partial charge in [0.15, 0.2) is 5.60 Å². The van der Waals surface area contributed by atoms with Crippen LogP contribution < -0.4 is 4.74 Å². The molecule has 0 unspecified atom stereocenters. The Morgan fingerprint density at radius 2 is 1.96 bits per heavy atom. The van der Waals surface area contributed by atoms with Crippen LogP contribution >= 0.6 is 0 Å². The lowest BCUT2D eigenvalue weighted by molar-refractivity contribution is 0.0187. The molecule has 0 N–H and O–H groups in total. The standard InChI is InChI=1S/C19H24N2O4/c1-3-4-12-21-15(2)19(25-18(21)23)10-13-20(14-11-19)17(22)24-16-8-6-5-7-9-16/h5-9H,2-4,10-14H2,1H3. The van der Waals surface area contributed by atoms with E-state index in [2.05, 4.69) is 13.5 Å². The van der Waals surface area contributed by atoms with E-state index in [-0.39, 0.29) is 12.2 Å². The zero-order valence-corrected chi connectivity index (χ0v) is 14.6. The first-order valence-corrected chi connectivity index (χ1v) is 8.77. The number of carbonyl (C=O) groups excluding carboxylic acids is 2. The van der Waals surface area contributed by atoms with Crippen LogP contribution in [-0.2, 0) is 4.74 Å². The Labute approximate surface area is 148 Å². The van der Waals surface area contributed by atoms with Crippen molar-refractivity contribution in [2.75, 3.05) is 19.6 Å². The van der Waals surface area contributed by atoms with Crippen LogP contribution in [0, 0.1) is 0 Å². The molecule has 1 spiro atoms. The van der Waals surface area contributed by atoms with Crippen LogP contribution in [0.5, 0.6) is 5.75 Å². The van der Waals surface area contributed by atoms with Crippen molar-refractivity contribution in [3.63, 3.8) is 0 Å². The van der Waals surface area contributed by atoms with Gasteiger partial charge in [-0.15, -0.1) is 0 Å². The number of nitrogens with zero attached hydrogens (tertiary/aromatic N) is 2. The number of hydrogen-bond acceptors (Lipinski definition) is 4. The summed E-state index contributed by atoms with van der Waals surface area (Å²) < 4.78 is 11.0. The molecule has 134 valence electrons. The van der Waals surface area contributed by atoms with Crippen LogP contribution in [0.15, 0.2) is 42.6 Å². The zero-order chi connectivity index (χ0) is 17.9. The number of piperidine rings is 1. The molecule has 1 aromatic carbocycles. The molecule has 0 atom stereocenters. The number of carbonyl (C=O) groups is 2. The number of hydrogen-bond donors (Lipinski definition) is 0. The highest BCUT2D eigenvalue weighted by Gasteiger charge is 2.50. The third kappa shape index (κ3) is 3.48. The molecule has 0 radical (unpaired) electrons. The van der Waals surface area contributed by atoms with E-state index in [4.69, 9.17) is 9.47 Å². The van der Waals surface area contributed by atoms with Gasteiger partial charge in [-0.25, -0.2) is 9.59 Å². The average Bonchev–Trinajstić information content (AvgIpc) is 2.84. The second-order valence-corrected chi connectivity index (χ2v) is 6.48. The zero-order valence-electron chi connectivity index (χ0n) is 14.6. The van der Waals surface area contributed by atoms with Gasteiger partial charge in [-0.2, -0.15) is 0 Å². The van der Waals surface area contributed by atoms with Crippen LogP contribution in [0.2, 0.25) is 0 Å². The number of ether oxygens (including phenoxy) is 2. The van der Waals surface area contributed by atoms with Gasteiger partial charge in [0.1, 0.15) is 5.75 Å². The van der Waals surface area contributed by atoms with Crippen molar-refractivity contribution in [3.05, 3.63) is 42.6 Å². The summed E-state index contributed by atoms with van der Waals surface area (Å²) in [5.74, 6) is 0.523. The van der Waals surface area contributed by atoms with Crippen LogP contribution in [0.4, 0.5) is 9.59 Å². The van der Waals surface area contributed by atoms with Crippen molar-refractivity contribution in [1.82, 2.24) is 9.80 Å². The number of rotatable bonds is 4. The van der Waals surface area contributed by atoms with E-state index in [1.54, 1.807) is 21.9 Å². The molecule has 3 rings (SSSR count). The van der Waals surface area contributed by atoms with Gasteiger partial charge in [0.05, 0.1) is 5.70 Å². The number of amides is 2. The maximum absolute atomic E-state index is 12.3. The molecule has 1 aromatic rings. The molecular formula is C19H24N2O4. The summed E-state index contributed by atoms with van der Waals surface area (Å²) in [6.07, 6.45) is 2.31. The van der Waals surface area contributed by atoms with Crippen LogP contribution in [0.1, 0.15) is 32.6 Å². The number of likely N-dealkylation sites (tertiary alicyclic amines) is 1. The minimum atomic E-state index is -0.672. The highest BCUT2D eigenvalue weighted by Crippen LogP contribution is 2.40. The molecule has 0 bridgehead atoms. The summed E-state index contributed by atoms with van der Waals surface area (Å²) in [5.41, 5.74) is 0.0518. The summed E-state index contributed by atoms with van der Waals surface area (Å²) in [6, 6.07) is 9.00. The molecule has 6 heteroatoms. The Balaban J connectivity index is 1.59. The van der Waals surface area contributed by atoms with Crippen molar-refractivity contribution in [2.24, 2.45) is 0 Å². The van der Waals surface area contributed by atoms with E-state index in [9.17, 15) is 9.59 Å². The Kier molecular flexibility index (Phi) is 4.97. The SMILES string of the molecule is C=C1N(CCCC)C(=O)OC12CCN(C(=O)Oc1ccccc1)CC2. The second kappa shape index (κ2) is 7.17. The number of unbranched alkanes of at least 4 members (excludes halogenated alkanes) is 1. The quantitative estimate of drug-likeness (QED) is 0.834. The fourth-order valence-electron chi connectivity index (χ4n) is 3.27. The minimum Gasteiger partial charge on any atom is -0.436 e. The third-order valence-electron chi connectivity index (χ3n) is 4.87. The lowest BCUT2D eigenvalue weighted by Gasteiger charge is -2.37. The first kappa shape index (κ1) is 17.3. The van der Waals surface area contributed by atoms with Crippen molar-refractivity contribution >= 4 is 12.2 Å². The van der Waals surface area contributed by atoms with Crippen LogP contribution in [0.3, 0.4) is 0 Å². The van der Waals surface area contributed by atoms with Gasteiger partial charge < -0.3 is 14.4 Å². The van der Waals surface area contributed by atoms with Gasteiger partial charge >= 0.3 is 12.2 Å². The van der Waals surface area contributed by atoms with Crippen molar-refractivity contribution < 1.29 is 19.1 Å². The van der Waals surface area contributed by atoms with E-state index in [1.165, 1.54) is 0 Å². The average molecular weight is 344 g/mol. The monoisotopic (exact) mass is 344 g/mol. The van der Waals surface area contributed by atoms with Gasteiger partial charge in [0.2, 0.25) is 0 Å². The maximum atomic E-state index is 12.3. The summed E-state index contributed by atoms with van der Waals surface area (Å²) in [6.45, 7) is 7.76. The van der Waals surface area contributed by atoms with E-state index < -0.39 is 5.60 Å². The fourth-order valence-corrected chi connectivity index (χ4v) is 3.27. The molecule has 6 nitrogen and oxygen atoms in total. The molecule has 2 aliphatic heterocycles. The van der Waals surface area contributed by atoms with Crippen molar-refractivity contribution in [1.29, 1.82) is 0 Å². The molecule has 2 aliphatic rings. The van der Waals surface area contributed by atoms with E-state index in [1.807, 2.05) is 18.2 Å². The first-order chi connectivity index (χ1) is 12.1. The maximum Gasteiger partial charge on any atom is 0.415 e. The van der Waals surface area contributed by atoms with Crippen LogP contribution in [-0.4, -0.2) is 47.2 Å². The summed E-state index contributed by atoms with van der Waals surface area (Å²) in [5, 5.41) is 0. The molecule has 0 saturated carbocycles. The van der Waals surface area contributed by atoms with Gasteiger partial charge in [-0.05, 0) is 18.6 Å². The van der Waals surface area contributed by atoms with E-state index in [0.29, 0.717) is 38.2 Å². The van der Waals surface area contributed by atoms with Gasteiger partial charge in [0, 0.05) is 32.5 Å². The molecule has 2 saturated heterocycles. The normalized spacial score (nSPS) is 19.2. The molecular weight excluding hydrogens is 320 g/mol. The van der Waals surface area contributed by atoms with Crippen molar-refractivity contribution in [3.8, 4) is 5.75 Å². The predicted octanol–water partition coefficient (Wildman–Crippen LogP) is 3.79. The first-order valence-electron chi connectivity index (χ1n) is 8.77. The van der Waals surface area contributed by atoms with E-state index >= 15 is 0 Å². The van der Waals surface area contributed by atoms with Gasteiger partial charge in [-0.3, -0.25) is 4.90 Å². The molecule has 2 fully saturated rings. The summed E-state index contributed by atoms with van der Waals surface area (Å²) in [4.78, 5) is 27.7. The summed E-state index contributed by atoms with van der Waals surface area (Å²) in [7, 11) is 0. The van der Waals surface area contributed by atoms with Crippen molar-refractivity contribution in [2.45, 2.75) is 38.2 Å². The van der Waals surface area contributed by atoms with Gasteiger partial charge in [-0.1, -0.05) is 38.1 Å². The minimum absolute atomic E-state index is 0.321. The molecule has 2 heterocycles. The smallest absolute Gasteiger partial charge is 0.415 e. The topological polar surface area (TPSA) is 59.1 Å². The molecule has 0 aliphatic carbocycles. The third-order valence-corrected chi connectivity index (χ3v) is 4.87. The molecule has 0 aromatic heterocycles. The summed E-state index contributed by atoms with van der Waals surface area (Å²) >= 11 is 0. The lowest BCUT2D eigenvalue weighted by Crippen LogP contribution is -2.48. The predicted molar refractivity (Wildman–Crippen MR) is 93.2 cm³/mol. The highest BCUT2D eigenvalue weighted by molar-refractivity contribution is 5.75. The largest absolute Gasteiger partial charge is 0.436 e. The van der Waals surface area contributed by atoms with E-state index in [0.717, 1.165) is 18.5 Å². The Bertz CT molecular complexity index is 651. The molecule has 25 heavy (non-hydrogen) atoms. The number of benzene rings is 1. The lowest BCUT2D eigenvalue weighted by atomic mass is 9.88. The van der Waals surface area contributed by atoms with Gasteiger partial charge in [0.25, 0.3) is 0 Å². The fraction of sp³-hybridized carbons (Fsp3) is 0.474. The molecule has 2 amide bonds.